The molecule has 1 aromatic heterocycles. The average molecular weight is 424 g/mol. The minimum absolute atomic E-state index is 0.100. The van der Waals surface area contributed by atoms with Crippen LogP contribution in [0.4, 0.5) is 0 Å². The Hall–Kier alpha value is -3.13. The third kappa shape index (κ3) is 4.70. The number of carbonyl (C=O) groups is 1. The van der Waals surface area contributed by atoms with Crippen LogP contribution in [-0.2, 0) is 13.0 Å². The second kappa shape index (κ2) is 10.5. The van der Waals surface area contributed by atoms with E-state index in [4.69, 9.17) is 0 Å². The molecule has 3 aromatic carbocycles. The van der Waals surface area contributed by atoms with Gasteiger partial charge in [-0.25, -0.2) is 0 Å². The lowest BCUT2D eigenvalue weighted by Crippen LogP contribution is -2.02. The summed E-state index contributed by atoms with van der Waals surface area (Å²) in [6, 6.07) is 24.9. The van der Waals surface area contributed by atoms with E-state index in [1.165, 1.54) is 36.8 Å². The van der Waals surface area contributed by atoms with E-state index >= 15 is 0 Å². The van der Waals surface area contributed by atoms with Crippen molar-refractivity contribution in [1.82, 2.24) is 4.57 Å². The van der Waals surface area contributed by atoms with Crippen LogP contribution in [0, 0.1) is 0 Å². The van der Waals surface area contributed by atoms with Gasteiger partial charge < -0.3 is 4.57 Å². The van der Waals surface area contributed by atoms with E-state index in [0.29, 0.717) is 0 Å². The maximum Gasteiger partial charge on any atom is 0.195 e. The molecule has 164 valence electrons. The first kappa shape index (κ1) is 22.1. The van der Waals surface area contributed by atoms with Crippen LogP contribution in [0.1, 0.15) is 67.4 Å². The Morgan fingerprint density at radius 1 is 0.812 bits per heavy atom. The van der Waals surface area contributed by atoms with Crippen molar-refractivity contribution in [2.75, 3.05) is 0 Å². The first-order chi connectivity index (χ1) is 15.7. The monoisotopic (exact) mass is 423 g/mol. The molecule has 0 saturated heterocycles. The largest absolute Gasteiger partial charge is 0.347 e. The molecule has 32 heavy (non-hydrogen) atoms. The lowest BCUT2D eigenvalue weighted by molar-refractivity contribution is 0.104. The molecule has 4 aromatic rings. The van der Waals surface area contributed by atoms with Crippen molar-refractivity contribution in [3.05, 3.63) is 95.7 Å². The summed E-state index contributed by atoms with van der Waals surface area (Å²) in [6.07, 6.45) is 9.00. The normalized spacial score (nSPS) is 11.2. The predicted octanol–water partition coefficient (Wildman–Crippen LogP) is 8.07. The molecule has 1 heterocycles. The fourth-order valence-corrected chi connectivity index (χ4v) is 4.51. The molecule has 0 atom stereocenters. The summed E-state index contributed by atoms with van der Waals surface area (Å²) in [5.74, 6) is 0.100. The molecular weight excluding hydrogens is 390 g/mol. The Morgan fingerprint density at radius 2 is 1.56 bits per heavy atom. The number of nitrogens with zero attached hydrogens (tertiary/aromatic N) is 1. The number of carbonyl (C=O) groups excluding carboxylic acids is 1. The number of rotatable bonds is 10. The SMILES string of the molecule is CCCCCn1cc(C(=O)c2cccc3ccccc23)cc1-c1ccccc1CCCC. The highest BCUT2D eigenvalue weighted by Gasteiger charge is 2.18. The smallest absolute Gasteiger partial charge is 0.195 e. The molecule has 0 N–H and O–H groups in total. The number of benzene rings is 3. The van der Waals surface area contributed by atoms with Gasteiger partial charge in [0.05, 0.1) is 0 Å². The summed E-state index contributed by atoms with van der Waals surface area (Å²) < 4.78 is 2.30. The van der Waals surface area contributed by atoms with Crippen molar-refractivity contribution in [3.63, 3.8) is 0 Å². The number of fused-ring (bicyclic) bond motifs is 1. The van der Waals surface area contributed by atoms with Gasteiger partial charge in [0.25, 0.3) is 0 Å². The zero-order chi connectivity index (χ0) is 22.3. The summed E-state index contributed by atoms with van der Waals surface area (Å²) >= 11 is 0. The second-order valence-electron chi connectivity index (χ2n) is 8.63. The van der Waals surface area contributed by atoms with E-state index in [9.17, 15) is 4.79 Å². The summed E-state index contributed by atoms with van der Waals surface area (Å²) in [6.45, 7) is 5.40. The van der Waals surface area contributed by atoms with Crippen LogP contribution in [0.2, 0.25) is 0 Å². The summed E-state index contributed by atoms with van der Waals surface area (Å²) in [5, 5.41) is 2.12. The van der Waals surface area contributed by atoms with Crippen LogP contribution < -0.4 is 0 Å². The van der Waals surface area contributed by atoms with Crippen molar-refractivity contribution < 1.29 is 4.79 Å². The predicted molar refractivity (Wildman–Crippen MR) is 135 cm³/mol. The summed E-state index contributed by atoms with van der Waals surface area (Å²) in [7, 11) is 0. The van der Waals surface area contributed by atoms with Crippen molar-refractivity contribution in [2.45, 2.75) is 58.9 Å². The zero-order valence-corrected chi connectivity index (χ0v) is 19.3. The Morgan fingerprint density at radius 3 is 2.41 bits per heavy atom. The number of hydrogen-bond donors (Lipinski definition) is 0. The lowest BCUT2D eigenvalue weighted by atomic mass is 9.97. The molecule has 0 bridgehead atoms. The molecule has 4 rings (SSSR count). The van der Waals surface area contributed by atoms with Crippen LogP contribution in [0.15, 0.2) is 79.0 Å². The quantitative estimate of drug-likeness (QED) is 0.187. The van der Waals surface area contributed by atoms with E-state index in [1.807, 2.05) is 30.3 Å². The minimum atomic E-state index is 0.100. The minimum Gasteiger partial charge on any atom is -0.347 e. The zero-order valence-electron chi connectivity index (χ0n) is 19.3. The molecule has 0 saturated carbocycles. The Balaban J connectivity index is 1.77. The number of hydrogen-bond acceptors (Lipinski definition) is 1. The molecule has 0 amide bonds. The average Bonchev–Trinajstić information content (AvgIpc) is 3.26. The van der Waals surface area contributed by atoms with E-state index in [1.54, 1.807) is 0 Å². The van der Waals surface area contributed by atoms with Crippen molar-refractivity contribution in [2.24, 2.45) is 0 Å². The molecule has 0 radical (unpaired) electrons. The molecule has 2 heteroatoms. The Bertz CT molecular complexity index is 1200. The molecule has 0 unspecified atom stereocenters. The van der Waals surface area contributed by atoms with E-state index < -0.39 is 0 Å². The molecule has 0 aliphatic carbocycles. The molecule has 2 nitrogen and oxygen atoms in total. The van der Waals surface area contributed by atoms with Crippen molar-refractivity contribution in [3.8, 4) is 11.3 Å². The Kier molecular flexibility index (Phi) is 7.21. The molecule has 0 fully saturated rings. The van der Waals surface area contributed by atoms with Crippen LogP contribution in [0.3, 0.4) is 0 Å². The molecule has 0 aliphatic heterocycles. The Labute approximate surface area is 191 Å². The summed E-state index contributed by atoms with van der Waals surface area (Å²) in [4.78, 5) is 13.6. The molecule has 0 aliphatic rings. The second-order valence-corrected chi connectivity index (χ2v) is 8.63. The van der Waals surface area contributed by atoms with Crippen molar-refractivity contribution in [1.29, 1.82) is 0 Å². The van der Waals surface area contributed by atoms with Gasteiger partial charge >= 0.3 is 0 Å². The van der Waals surface area contributed by atoms with Crippen LogP contribution >= 0.6 is 0 Å². The van der Waals surface area contributed by atoms with Crippen LogP contribution in [-0.4, -0.2) is 10.4 Å². The first-order valence-electron chi connectivity index (χ1n) is 12.0. The van der Waals surface area contributed by atoms with Gasteiger partial charge in [0.2, 0.25) is 0 Å². The number of ketones is 1. The maximum atomic E-state index is 13.6. The first-order valence-corrected chi connectivity index (χ1v) is 12.0. The number of aryl methyl sites for hydroxylation is 2. The third-order valence-corrected chi connectivity index (χ3v) is 6.29. The molecular formula is C30H33NO. The highest BCUT2D eigenvalue weighted by Crippen LogP contribution is 2.30. The lowest BCUT2D eigenvalue weighted by Gasteiger charge is -2.13. The summed E-state index contributed by atoms with van der Waals surface area (Å²) in [5.41, 5.74) is 5.34. The number of aromatic nitrogens is 1. The fraction of sp³-hybridized carbons (Fsp3) is 0.300. The van der Waals surface area contributed by atoms with Crippen LogP contribution in [0.5, 0.6) is 0 Å². The van der Waals surface area contributed by atoms with E-state index in [-0.39, 0.29) is 5.78 Å². The highest BCUT2D eigenvalue weighted by atomic mass is 16.1. The van der Waals surface area contributed by atoms with Gasteiger partial charge in [-0.1, -0.05) is 99.8 Å². The fourth-order valence-electron chi connectivity index (χ4n) is 4.51. The van der Waals surface area contributed by atoms with E-state index in [2.05, 4.69) is 67.1 Å². The third-order valence-electron chi connectivity index (χ3n) is 6.29. The van der Waals surface area contributed by atoms with E-state index in [0.717, 1.165) is 47.0 Å². The topological polar surface area (TPSA) is 22.0 Å². The number of unbranched alkanes of at least 4 members (excludes halogenated alkanes) is 3. The van der Waals surface area contributed by atoms with Gasteiger partial charge in [0.1, 0.15) is 0 Å². The standard InChI is InChI=1S/C30H33NO/c1-3-5-11-20-31-22-25(21-29(31)27-18-10-8-15-24(27)13-6-4-2)30(32)28-19-12-16-23-14-7-9-17-26(23)28/h7-10,12,14-19,21-22H,3-6,11,13,20H2,1-2H3. The van der Waals surface area contributed by atoms with Gasteiger partial charge in [-0.05, 0) is 41.7 Å². The highest BCUT2D eigenvalue weighted by molar-refractivity contribution is 6.16. The van der Waals surface area contributed by atoms with Gasteiger partial charge in [-0.2, -0.15) is 0 Å². The van der Waals surface area contributed by atoms with Gasteiger partial charge in [-0.3, -0.25) is 4.79 Å². The van der Waals surface area contributed by atoms with Crippen molar-refractivity contribution >= 4 is 16.6 Å². The van der Waals surface area contributed by atoms with Gasteiger partial charge in [0.15, 0.2) is 5.78 Å². The van der Waals surface area contributed by atoms with Gasteiger partial charge in [0, 0.05) is 35.1 Å². The maximum absolute atomic E-state index is 13.6. The van der Waals surface area contributed by atoms with Gasteiger partial charge in [-0.15, -0.1) is 0 Å². The molecule has 0 spiro atoms. The van der Waals surface area contributed by atoms with Crippen LogP contribution in [0.25, 0.3) is 22.0 Å².